The van der Waals surface area contributed by atoms with Crippen molar-refractivity contribution in [3.05, 3.63) is 29.3 Å². The first kappa shape index (κ1) is 21.0. The van der Waals surface area contributed by atoms with Gasteiger partial charge < -0.3 is 9.64 Å². The van der Waals surface area contributed by atoms with Gasteiger partial charge in [0, 0.05) is 18.1 Å². The molecule has 1 aliphatic carbocycles. The third-order valence-electron chi connectivity index (χ3n) is 4.72. The summed E-state index contributed by atoms with van der Waals surface area (Å²) in [6, 6.07) is 6.87. The summed E-state index contributed by atoms with van der Waals surface area (Å²) in [5, 5.41) is 0.596. The van der Waals surface area contributed by atoms with Gasteiger partial charge in [0.15, 0.2) is 0 Å². The molecule has 146 valence electrons. The molecule has 0 radical (unpaired) electrons. The van der Waals surface area contributed by atoms with Gasteiger partial charge in [0.25, 0.3) is 10.1 Å². The molecule has 1 fully saturated rings. The molecule has 0 saturated heterocycles. The third-order valence-corrected chi connectivity index (χ3v) is 5.57. The number of benzene rings is 1. The van der Waals surface area contributed by atoms with Crippen molar-refractivity contribution in [2.75, 3.05) is 19.9 Å². The molecular weight excluding hydrogens is 378 g/mol. The van der Waals surface area contributed by atoms with Crippen LogP contribution in [0.4, 0.5) is 4.79 Å². The smallest absolute Gasteiger partial charge is 0.410 e. The Labute approximate surface area is 160 Å². The van der Waals surface area contributed by atoms with E-state index in [-0.39, 0.29) is 18.7 Å². The van der Waals surface area contributed by atoms with Crippen LogP contribution >= 0.6 is 11.6 Å². The number of ether oxygens (including phenoxy) is 1. The molecule has 1 amide bonds. The van der Waals surface area contributed by atoms with Crippen LogP contribution in [0.1, 0.15) is 38.5 Å². The predicted octanol–water partition coefficient (Wildman–Crippen LogP) is 4.09. The van der Waals surface area contributed by atoms with Crippen molar-refractivity contribution in [2.45, 2.75) is 44.6 Å². The van der Waals surface area contributed by atoms with E-state index in [0.717, 1.165) is 44.8 Å². The van der Waals surface area contributed by atoms with Crippen molar-refractivity contribution >= 4 is 27.8 Å². The molecule has 1 aliphatic rings. The Kier molecular flexibility index (Phi) is 7.73. The lowest BCUT2D eigenvalue weighted by Gasteiger charge is -2.34. The van der Waals surface area contributed by atoms with Crippen molar-refractivity contribution in [2.24, 2.45) is 5.92 Å². The molecule has 8 heteroatoms. The summed E-state index contributed by atoms with van der Waals surface area (Å²) < 4.78 is 32.0. The van der Waals surface area contributed by atoms with E-state index in [1.807, 2.05) is 0 Å². The topological polar surface area (TPSA) is 72.9 Å². The van der Waals surface area contributed by atoms with E-state index in [0.29, 0.717) is 16.7 Å². The van der Waals surface area contributed by atoms with Gasteiger partial charge in [-0.05, 0) is 68.7 Å². The highest BCUT2D eigenvalue weighted by Gasteiger charge is 2.27. The zero-order valence-corrected chi connectivity index (χ0v) is 16.8. The molecule has 2 rings (SSSR count). The molecular formula is C18H26ClNO5S. The van der Waals surface area contributed by atoms with Crippen molar-refractivity contribution in [1.29, 1.82) is 0 Å². The first-order valence-corrected chi connectivity index (χ1v) is 11.0. The van der Waals surface area contributed by atoms with Crippen molar-refractivity contribution < 1.29 is 22.1 Å². The summed E-state index contributed by atoms with van der Waals surface area (Å²) in [5.74, 6) is 1.03. The molecule has 0 unspecified atom stereocenters. The Bertz CT molecular complexity index is 684. The number of carbonyl (C=O) groups is 1. The lowest BCUT2D eigenvalue weighted by atomic mass is 9.83. The zero-order chi connectivity index (χ0) is 19.2. The number of hydrogen-bond acceptors (Lipinski definition) is 5. The number of hydrogen-bond donors (Lipinski definition) is 0. The SMILES string of the molecule is CN(C(=O)Oc1ccc(Cl)cc1)C1CCC(CCCOS(C)(=O)=O)CC1. The highest BCUT2D eigenvalue weighted by atomic mass is 35.5. The molecule has 6 nitrogen and oxygen atoms in total. The molecule has 0 N–H and O–H groups in total. The van der Waals surface area contributed by atoms with Gasteiger partial charge in [-0.3, -0.25) is 4.18 Å². The quantitative estimate of drug-likeness (QED) is 0.506. The van der Waals surface area contributed by atoms with E-state index in [9.17, 15) is 13.2 Å². The minimum atomic E-state index is -3.35. The molecule has 0 spiro atoms. The molecule has 0 heterocycles. The second-order valence-corrected chi connectivity index (χ2v) is 8.86. The maximum Gasteiger partial charge on any atom is 0.415 e. The van der Waals surface area contributed by atoms with Crippen LogP contribution in [0.25, 0.3) is 0 Å². The lowest BCUT2D eigenvalue weighted by molar-refractivity contribution is 0.123. The average molecular weight is 404 g/mol. The maximum absolute atomic E-state index is 12.3. The van der Waals surface area contributed by atoms with Gasteiger partial charge in [-0.2, -0.15) is 8.42 Å². The minimum Gasteiger partial charge on any atom is -0.410 e. The van der Waals surface area contributed by atoms with E-state index < -0.39 is 10.1 Å². The second-order valence-electron chi connectivity index (χ2n) is 6.78. The van der Waals surface area contributed by atoms with Crippen LogP contribution in [0.3, 0.4) is 0 Å². The van der Waals surface area contributed by atoms with Gasteiger partial charge in [0.05, 0.1) is 12.9 Å². The van der Waals surface area contributed by atoms with Gasteiger partial charge in [-0.15, -0.1) is 0 Å². The summed E-state index contributed by atoms with van der Waals surface area (Å²) >= 11 is 5.83. The van der Waals surface area contributed by atoms with Crippen LogP contribution in [0.5, 0.6) is 5.75 Å². The molecule has 0 atom stereocenters. The van der Waals surface area contributed by atoms with Gasteiger partial charge in [-0.25, -0.2) is 4.79 Å². The van der Waals surface area contributed by atoms with Crippen molar-refractivity contribution in [3.63, 3.8) is 0 Å². The highest BCUT2D eigenvalue weighted by molar-refractivity contribution is 7.85. The summed E-state index contributed by atoms with van der Waals surface area (Å²) in [4.78, 5) is 13.9. The Hall–Kier alpha value is -1.31. The number of amides is 1. The van der Waals surface area contributed by atoms with Gasteiger partial charge in [0.1, 0.15) is 5.75 Å². The molecule has 1 aromatic carbocycles. The summed E-state index contributed by atoms with van der Waals surface area (Å²) in [6.07, 6.45) is 6.25. The molecule has 0 aromatic heterocycles. The number of halogens is 1. The molecule has 1 saturated carbocycles. The van der Waals surface area contributed by atoms with E-state index in [4.69, 9.17) is 20.5 Å². The van der Waals surface area contributed by atoms with Crippen molar-refractivity contribution in [1.82, 2.24) is 4.90 Å². The van der Waals surface area contributed by atoms with Crippen LogP contribution < -0.4 is 4.74 Å². The van der Waals surface area contributed by atoms with E-state index in [1.54, 1.807) is 36.2 Å². The normalized spacial score (nSPS) is 20.6. The van der Waals surface area contributed by atoms with Gasteiger partial charge in [-0.1, -0.05) is 11.6 Å². The van der Waals surface area contributed by atoms with Crippen LogP contribution in [0.15, 0.2) is 24.3 Å². The fourth-order valence-electron chi connectivity index (χ4n) is 3.23. The second kappa shape index (κ2) is 9.58. The third kappa shape index (κ3) is 7.13. The molecule has 0 aliphatic heterocycles. The Morgan fingerprint density at radius 1 is 1.19 bits per heavy atom. The van der Waals surface area contributed by atoms with Crippen LogP contribution in [0, 0.1) is 5.92 Å². The highest BCUT2D eigenvalue weighted by Crippen LogP contribution is 2.30. The number of nitrogens with zero attached hydrogens (tertiary/aromatic N) is 1. The lowest BCUT2D eigenvalue weighted by Crippen LogP contribution is -2.41. The van der Waals surface area contributed by atoms with E-state index >= 15 is 0 Å². The zero-order valence-electron chi connectivity index (χ0n) is 15.2. The van der Waals surface area contributed by atoms with E-state index in [2.05, 4.69) is 0 Å². The van der Waals surface area contributed by atoms with Crippen LogP contribution in [0.2, 0.25) is 5.02 Å². The monoisotopic (exact) mass is 403 g/mol. The largest absolute Gasteiger partial charge is 0.415 e. The Morgan fingerprint density at radius 2 is 1.81 bits per heavy atom. The fraction of sp³-hybridized carbons (Fsp3) is 0.611. The van der Waals surface area contributed by atoms with Crippen molar-refractivity contribution in [3.8, 4) is 5.75 Å². The maximum atomic E-state index is 12.3. The van der Waals surface area contributed by atoms with Crippen LogP contribution in [-0.2, 0) is 14.3 Å². The fourth-order valence-corrected chi connectivity index (χ4v) is 3.77. The Balaban J connectivity index is 1.71. The predicted molar refractivity (Wildman–Crippen MR) is 101 cm³/mol. The molecule has 1 aromatic rings. The minimum absolute atomic E-state index is 0.165. The summed E-state index contributed by atoms with van der Waals surface area (Å²) in [6.45, 7) is 0.242. The van der Waals surface area contributed by atoms with Crippen LogP contribution in [-0.4, -0.2) is 45.4 Å². The molecule has 26 heavy (non-hydrogen) atoms. The first-order chi connectivity index (χ1) is 12.2. The first-order valence-electron chi connectivity index (χ1n) is 8.79. The number of rotatable bonds is 7. The number of carbonyl (C=O) groups excluding carboxylic acids is 1. The Morgan fingerprint density at radius 3 is 2.38 bits per heavy atom. The van der Waals surface area contributed by atoms with E-state index in [1.165, 1.54) is 0 Å². The standard InChI is InChI=1S/C18H26ClNO5S/c1-20(18(21)25-17-11-7-15(19)8-12-17)16-9-5-14(6-10-16)4-3-13-24-26(2,22)23/h7-8,11-12,14,16H,3-6,9-10,13H2,1-2H3. The molecule has 0 bridgehead atoms. The van der Waals surface area contributed by atoms with Gasteiger partial charge >= 0.3 is 6.09 Å². The summed E-state index contributed by atoms with van der Waals surface area (Å²) in [5.41, 5.74) is 0. The summed E-state index contributed by atoms with van der Waals surface area (Å²) in [7, 11) is -1.58. The average Bonchev–Trinajstić information content (AvgIpc) is 2.60. The van der Waals surface area contributed by atoms with Gasteiger partial charge in [0.2, 0.25) is 0 Å².